The molecule has 0 radical (unpaired) electrons. The van der Waals surface area contributed by atoms with Crippen molar-refractivity contribution in [1.82, 2.24) is 15.2 Å². The fourth-order valence-corrected chi connectivity index (χ4v) is 2.76. The fraction of sp³-hybridized carbons (Fsp3) is 0.625. The first-order valence-corrected chi connectivity index (χ1v) is 7.65. The molecule has 0 saturated heterocycles. The van der Waals surface area contributed by atoms with Crippen LogP contribution in [0.3, 0.4) is 0 Å². The summed E-state index contributed by atoms with van der Waals surface area (Å²) >= 11 is 0. The minimum Gasteiger partial charge on any atom is -0.393 e. The van der Waals surface area contributed by atoms with E-state index in [1.54, 1.807) is 11.9 Å². The lowest BCUT2D eigenvalue weighted by Crippen LogP contribution is -2.41. The number of hydrogen-bond acceptors (Lipinski definition) is 3. The number of urea groups is 1. The van der Waals surface area contributed by atoms with Crippen LogP contribution in [0.25, 0.3) is 0 Å². The molecule has 2 unspecified atom stereocenters. The minimum absolute atomic E-state index is 0.0748. The van der Waals surface area contributed by atoms with E-state index < -0.39 is 0 Å². The van der Waals surface area contributed by atoms with Gasteiger partial charge in [-0.25, -0.2) is 4.79 Å². The smallest absolute Gasteiger partial charge is 0.317 e. The molecule has 1 aliphatic rings. The molecule has 5 nitrogen and oxygen atoms in total. The fourth-order valence-electron chi connectivity index (χ4n) is 2.76. The molecule has 0 spiro atoms. The summed E-state index contributed by atoms with van der Waals surface area (Å²) in [5.74, 6) is 0.224. The zero-order valence-electron chi connectivity index (χ0n) is 12.9. The summed E-state index contributed by atoms with van der Waals surface area (Å²) in [6, 6.07) is 3.94. The summed E-state index contributed by atoms with van der Waals surface area (Å²) in [5, 5.41) is 12.7. The van der Waals surface area contributed by atoms with E-state index in [2.05, 4.69) is 10.3 Å². The third-order valence-electron chi connectivity index (χ3n) is 4.14. The average Bonchev–Trinajstić information content (AvgIpc) is 2.86. The van der Waals surface area contributed by atoms with Gasteiger partial charge in [0.15, 0.2) is 0 Å². The molecule has 1 aromatic heterocycles. The van der Waals surface area contributed by atoms with Crippen molar-refractivity contribution in [1.29, 1.82) is 0 Å². The van der Waals surface area contributed by atoms with E-state index in [0.717, 1.165) is 36.9 Å². The molecule has 21 heavy (non-hydrogen) atoms. The Hall–Kier alpha value is -1.62. The molecule has 116 valence electrons. The first kappa shape index (κ1) is 15.8. The molecule has 1 aliphatic carbocycles. The van der Waals surface area contributed by atoms with Crippen LogP contribution in [0.1, 0.15) is 30.5 Å². The van der Waals surface area contributed by atoms with E-state index in [9.17, 15) is 9.90 Å². The number of nitrogens with one attached hydrogen (secondary N) is 1. The van der Waals surface area contributed by atoms with Gasteiger partial charge >= 0.3 is 6.03 Å². The molecular weight excluding hydrogens is 266 g/mol. The van der Waals surface area contributed by atoms with Crippen LogP contribution in [0.15, 0.2) is 18.3 Å². The zero-order valence-corrected chi connectivity index (χ0v) is 12.9. The Morgan fingerprint density at radius 3 is 2.90 bits per heavy atom. The second kappa shape index (κ2) is 7.41. The topological polar surface area (TPSA) is 65.5 Å². The van der Waals surface area contributed by atoms with E-state index in [-0.39, 0.29) is 18.1 Å². The lowest BCUT2D eigenvalue weighted by molar-refractivity contribution is 0.114. The maximum atomic E-state index is 12.0. The number of amides is 2. The number of pyridine rings is 1. The van der Waals surface area contributed by atoms with Crippen LogP contribution in [-0.4, -0.2) is 47.3 Å². The van der Waals surface area contributed by atoms with Crippen LogP contribution in [-0.2, 0) is 6.42 Å². The summed E-state index contributed by atoms with van der Waals surface area (Å²) in [5.41, 5.74) is 2.12. The highest BCUT2D eigenvalue weighted by Gasteiger charge is 2.27. The minimum atomic E-state index is -0.251. The maximum absolute atomic E-state index is 12.0. The van der Waals surface area contributed by atoms with Crippen molar-refractivity contribution in [3.05, 3.63) is 29.6 Å². The van der Waals surface area contributed by atoms with Crippen LogP contribution < -0.4 is 5.32 Å². The van der Waals surface area contributed by atoms with Crippen molar-refractivity contribution in [2.45, 2.75) is 38.7 Å². The Bertz CT molecular complexity index is 461. The van der Waals surface area contributed by atoms with Crippen LogP contribution >= 0.6 is 0 Å². The molecule has 2 atom stereocenters. The summed E-state index contributed by atoms with van der Waals surface area (Å²) in [4.78, 5) is 17.9. The number of aliphatic hydroxyl groups is 1. The molecule has 0 aromatic carbocycles. The van der Waals surface area contributed by atoms with Gasteiger partial charge in [0, 0.05) is 37.9 Å². The van der Waals surface area contributed by atoms with Crippen molar-refractivity contribution < 1.29 is 9.90 Å². The van der Waals surface area contributed by atoms with Crippen LogP contribution in [0.5, 0.6) is 0 Å². The highest BCUT2D eigenvalue weighted by molar-refractivity contribution is 5.73. The largest absolute Gasteiger partial charge is 0.393 e. The van der Waals surface area contributed by atoms with E-state index in [4.69, 9.17) is 0 Å². The number of hydrogen-bond donors (Lipinski definition) is 2. The first-order chi connectivity index (χ1) is 10.1. The van der Waals surface area contributed by atoms with E-state index >= 15 is 0 Å². The molecule has 1 saturated carbocycles. The Morgan fingerprint density at radius 2 is 2.29 bits per heavy atom. The molecule has 5 heteroatoms. The van der Waals surface area contributed by atoms with Gasteiger partial charge in [0.1, 0.15) is 0 Å². The van der Waals surface area contributed by atoms with Crippen molar-refractivity contribution in [2.75, 3.05) is 20.1 Å². The van der Waals surface area contributed by atoms with Gasteiger partial charge in [-0.05, 0) is 37.8 Å². The quantitative estimate of drug-likeness (QED) is 0.868. The van der Waals surface area contributed by atoms with E-state index in [0.29, 0.717) is 13.1 Å². The summed E-state index contributed by atoms with van der Waals surface area (Å²) in [7, 11) is 1.79. The zero-order chi connectivity index (χ0) is 15.2. The summed E-state index contributed by atoms with van der Waals surface area (Å²) < 4.78 is 0. The molecule has 2 N–H and O–H groups in total. The molecule has 1 fully saturated rings. The normalized spacial score (nSPS) is 21.3. The SMILES string of the molecule is Cc1ccc(CCNC(=O)N(C)CC2CCCC2O)cn1. The van der Waals surface area contributed by atoms with Crippen LogP contribution in [0, 0.1) is 12.8 Å². The van der Waals surface area contributed by atoms with Crippen LogP contribution in [0.4, 0.5) is 4.79 Å². The Balaban J connectivity index is 1.70. The van der Waals surface area contributed by atoms with Gasteiger partial charge < -0.3 is 15.3 Å². The van der Waals surface area contributed by atoms with Crippen molar-refractivity contribution in [3.8, 4) is 0 Å². The number of nitrogens with zero attached hydrogens (tertiary/aromatic N) is 2. The second-order valence-electron chi connectivity index (χ2n) is 5.93. The third-order valence-corrected chi connectivity index (χ3v) is 4.14. The van der Waals surface area contributed by atoms with Gasteiger partial charge in [0.25, 0.3) is 0 Å². The summed E-state index contributed by atoms with van der Waals surface area (Å²) in [6.45, 7) is 3.18. The predicted octanol–water partition coefficient (Wildman–Crippen LogP) is 1.73. The molecule has 2 amide bonds. The number of carbonyl (C=O) groups is 1. The highest BCUT2D eigenvalue weighted by Crippen LogP contribution is 2.25. The molecule has 1 heterocycles. The summed E-state index contributed by atoms with van der Waals surface area (Å²) in [6.07, 6.45) is 5.30. The molecule has 0 aliphatic heterocycles. The number of aryl methyl sites for hydroxylation is 1. The van der Waals surface area contributed by atoms with Crippen LogP contribution in [0.2, 0.25) is 0 Å². The first-order valence-electron chi connectivity index (χ1n) is 7.65. The Kier molecular flexibility index (Phi) is 5.56. The molecule has 0 bridgehead atoms. The van der Waals surface area contributed by atoms with Gasteiger partial charge in [-0.15, -0.1) is 0 Å². The van der Waals surface area contributed by atoms with Crippen molar-refractivity contribution in [2.24, 2.45) is 5.92 Å². The average molecular weight is 291 g/mol. The Labute approximate surface area is 126 Å². The standard InChI is InChI=1S/C16H25N3O2/c1-12-6-7-13(10-18-12)8-9-17-16(21)19(2)11-14-4-3-5-15(14)20/h6-7,10,14-15,20H,3-5,8-9,11H2,1-2H3,(H,17,21). The Morgan fingerprint density at radius 1 is 1.48 bits per heavy atom. The molecule has 2 rings (SSSR count). The molecule has 1 aromatic rings. The second-order valence-corrected chi connectivity index (χ2v) is 5.93. The van der Waals surface area contributed by atoms with Crippen molar-refractivity contribution in [3.63, 3.8) is 0 Å². The third kappa shape index (κ3) is 4.70. The van der Waals surface area contributed by atoms with Crippen molar-refractivity contribution >= 4 is 6.03 Å². The molecular formula is C16H25N3O2. The van der Waals surface area contributed by atoms with E-state index in [1.807, 2.05) is 25.3 Å². The highest BCUT2D eigenvalue weighted by atomic mass is 16.3. The predicted molar refractivity (Wildman–Crippen MR) is 82.1 cm³/mol. The monoisotopic (exact) mass is 291 g/mol. The number of rotatable bonds is 5. The lowest BCUT2D eigenvalue weighted by atomic mass is 10.1. The van der Waals surface area contributed by atoms with Gasteiger partial charge in [0.05, 0.1) is 6.10 Å². The lowest BCUT2D eigenvalue weighted by Gasteiger charge is -2.23. The van der Waals surface area contributed by atoms with Gasteiger partial charge in [-0.3, -0.25) is 4.98 Å². The van der Waals surface area contributed by atoms with Gasteiger partial charge in [0.2, 0.25) is 0 Å². The number of carbonyl (C=O) groups excluding carboxylic acids is 1. The van der Waals surface area contributed by atoms with Gasteiger partial charge in [-0.1, -0.05) is 12.5 Å². The van der Waals surface area contributed by atoms with E-state index in [1.165, 1.54) is 0 Å². The maximum Gasteiger partial charge on any atom is 0.317 e. The number of aliphatic hydroxyl groups excluding tert-OH is 1. The number of aromatic nitrogens is 1. The van der Waals surface area contributed by atoms with Gasteiger partial charge in [-0.2, -0.15) is 0 Å².